The Morgan fingerprint density at radius 1 is 1.10 bits per heavy atom. The van der Waals surface area contributed by atoms with E-state index in [2.05, 4.69) is 0 Å². The normalized spacial score (nSPS) is 35.9. The molecule has 31 heavy (non-hydrogen) atoms. The lowest BCUT2D eigenvalue weighted by atomic mass is 9.81. The van der Waals surface area contributed by atoms with Crippen LogP contribution in [-0.4, -0.2) is 90.7 Å². The molecule has 0 aliphatic carbocycles. The molecule has 7 N–H and O–H groups in total. The Morgan fingerprint density at radius 2 is 1.81 bits per heavy atom. The first-order valence-electron chi connectivity index (χ1n) is 9.69. The molecule has 0 radical (unpaired) electrons. The molecule has 3 heterocycles. The van der Waals surface area contributed by atoms with E-state index in [0.29, 0.717) is 5.39 Å². The second-order valence-corrected chi connectivity index (χ2v) is 8.13. The smallest absolute Gasteiger partial charge is 0.336 e. The van der Waals surface area contributed by atoms with Crippen molar-refractivity contribution in [2.24, 2.45) is 0 Å². The van der Waals surface area contributed by atoms with Crippen LogP contribution in [-0.2, 0) is 4.74 Å². The van der Waals surface area contributed by atoms with Crippen molar-refractivity contribution in [3.05, 3.63) is 40.2 Å². The molecule has 170 valence electrons. The summed E-state index contributed by atoms with van der Waals surface area (Å²) in [6, 6.07) is 5.62. The molecule has 0 spiro atoms. The highest BCUT2D eigenvalue weighted by atomic mass is 16.6. The van der Waals surface area contributed by atoms with E-state index in [0.717, 1.165) is 6.92 Å². The van der Waals surface area contributed by atoms with Crippen molar-refractivity contribution in [3.63, 3.8) is 0 Å². The van der Waals surface area contributed by atoms with Gasteiger partial charge in [-0.1, -0.05) is 0 Å². The summed E-state index contributed by atoms with van der Waals surface area (Å²) in [5.74, 6) is 0.126. The van der Waals surface area contributed by atoms with E-state index >= 15 is 0 Å². The van der Waals surface area contributed by atoms with E-state index in [9.17, 15) is 40.5 Å². The number of hydrogen-bond acceptors (Lipinski definition) is 11. The molecule has 0 bridgehead atoms. The summed E-state index contributed by atoms with van der Waals surface area (Å²) in [5, 5.41) is 72.7. The standard InChI is InChI=1S/C20H24O11/c1-20(28,18(27)17-16(26)15(25)14(24)11(6-21)30-17)19-13(23)8-4-7-2-3-12(22)29-9(7)5-10(8)31-19/h2-5,11,13-19,21,23-28H,6H2,1H3. The van der Waals surface area contributed by atoms with Gasteiger partial charge in [0.1, 0.15) is 59.7 Å². The van der Waals surface area contributed by atoms with Gasteiger partial charge in [-0.3, -0.25) is 0 Å². The van der Waals surface area contributed by atoms with Gasteiger partial charge in [0.05, 0.1) is 6.61 Å². The number of aliphatic hydroxyl groups excluding tert-OH is 6. The zero-order valence-electron chi connectivity index (χ0n) is 16.4. The lowest BCUT2D eigenvalue weighted by Gasteiger charge is -2.46. The Morgan fingerprint density at radius 3 is 2.48 bits per heavy atom. The van der Waals surface area contributed by atoms with Crippen LogP contribution in [0.3, 0.4) is 0 Å². The van der Waals surface area contributed by atoms with E-state index in [4.69, 9.17) is 13.9 Å². The lowest BCUT2D eigenvalue weighted by Crippen LogP contribution is -2.67. The van der Waals surface area contributed by atoms with Crippen LogP contribution in [0.25, 0.3) is 11.0 Å². The van der Waals surface area contributed by atoms with Gasteiger partial charge in [-0.25, -0.2) is 4.79 Å². The van der Waals surface area contributed by atoms with E-state index in [1.165, 1.54) is 24.3 Å². The van der Waals surface area contributed by atoms with Crippen molar-refractivity contribution in [3.8, 4) is 5.75 Å². The zero-order valence-corrected chi connectivity index (χ0v) is 16.4. The van der Waals surface area contributed by atoms with Crippen LogP contribution in [0.1, 0.15) is 18.6 Å². The lowest BCUT2D eigenvalue weighted by molar-refractivity contribution is -0.275. The zero-order chi connectivity index (χ0) is 22.7. The molecule has 1 aromatic heterocycles. The Balaban J connectivity index is 1.63. The first-order chi connectivity index (χ1) is 14.6. The molecular formula is C20H24O11. The third-order valence-electron chi connectivity index (χ3n) is 6.03. The van der Waals surface area contributed by atoms with Gasteiger partial charge in [-0.2, -0.15) is 0 Å². The predicted molar refractivity (Wildman–Crippen MR) is 102 cm³/mol. The van der Waals surface area contributed by atoms with Crippen LogP contribution in [0.2, 0.25) is 0 Å². The topological polar surface area (TPSA) is 190 Å². The molecule has 0 saturated carbocycles. The van der Waals surface area contributed by atoms with E-state index in [1.54, 1.807) is 0 Å². The predicted octanol–water partition coefficient (Wildman–Crippen LogP) is -2.46. The van der Waals surface area contributed by atoms with E-state index in [-0.39, 0.29) is 16.9 Å². The summed E-state index contributed by atoms with van der Waals surface area (Å²) in [6.07, 6.45) is -12.8. The fourth-order valence-corrected chi connectivity index (χ4v) is 4.14. The summed E-state index contributed by atoms with van der Waals surface area (Å²) in [6.45, 7) is 0.445. The summed E-state index contributed by atoms with van der Waals surface area (Å²) in [5.41, 5.74) is -2.31. The third-order valence-corrected chi connectivity index (χ3v) is 6.03. The Bertz CT molecular complexity index is 1020. The van der Waals surface area contributed by atoms with E-state index < -0.39 is 66.7 Å². The molecule has 9 atom stereocenters. The van der Waals surface area contributed by atoms with Crippen LogP contribution < -0.4 is 10.4 Å². The largest absolute Gasteiger partial charge is 0.484 e. The molecule has 4 rings (SSSR count). The molecule has 2 aliphatic heterocycles. The average Bonchev–Trinajstić information content (AvgIpc) is 3.06. The quantitative estimate of drug-likeness (QED) is 0.250. The maximum atomic E-state index is 11.4. The Hall–Kier alpha value is -2.09. The fraction of sp³-hybridized carbons (Fsp3) is 0.550. The van der Waals surface area contributed by atoms with Crippen molar-refractivity contribution >= 4 is 11.0 Å². The summed E-state index contributed by atoms with van der Waals surface area (Å²) >= 11 is 0. The van der Waals surface area contributed by atoms with Gasteiger partial charge in [0.15, 0.2) is 6.10 Å². The minimum Gasteiger partial charge on any atom is -0.484 e. The molecular weight excluding hydrogens is 416 g/mol. The van der Waals surface area contributed by atoms with E-state index in [1.807, 2.05) is 0 Å². The number of benzene rings is 1. The van der Waals surface area contributed by atoms with Gasteiger partial charge in [0.2, 0.25) is 0 Å². The second kappa shape index (κ2) is 7.80. The van der Waals surface area contributed by atoms with Crippen molar-refractivity contribution in [2.45, 2.75) is 61.4 Å². The fourth-order valence-electron chi connectivity index (χ4n) is 4.14. The average molecular weight is 440 g/mol. The van der Waals surface area contributed by atoms with Gasteiger partial charge in [0, 0.05) is 23.1 Å². The molecule has 2 aromatic rings. The van der Waals surface area contributed by atoms with Crippen molar-refractivity contribution in [2.75, 3.05) is 6.61 Å². The maximum absolute atomic E-state index is 11.4. The van der Waals surface area contributed by atoms with Crippen LogP contribution in [0.4, 0.5) is 0 Å². The van der Waals surface area contributed by atoms with Crippen molar-refractivity contribution in [1.82, 2.24) is 0 Å². The molecule has 1 aromatic carbocycles. The monoisotopic (exact) mass is 440 g/mol. The van der Waals surface area contributed by atoms with Crippen LogP contribution in [0, 0.1) is 0 Å². The first kappa shape index (κ1) is 22.1. The number of rotatable bonds is 4. The van der Waals surface area contributed by atoms with Crippen molar-refractivity contribution < 1.29 is 49.6 Å². The number of hydrogen-bond donors (Lipinski definition) is 7. The van der Waals surface area contributed by atoms with Gasteiger partial charge < -0.3 is 49.6 Å². The minimum atomic E-state index is -2.22. The second-order valence-electron chi connectivity index (χ2n) is 8.13. The maximum Gasteiger partial charge on any atom is 0.336 e. The molecule has 2 aliphatic rings. The van der Waals surface area contributed by atoms with Gasteiger partial charge >= 0.3 is 5.63 Å². The van der Waals surface area contributed by atoms with Crippen LogP contribution in [0.5, 0.6) is 5.75 Å². The molecule has 9 unspecified atom stereocenters. The number of ether oxygens (including phenoxy) is 2. The molecule has 11 nitrogen and oxygen atoms in total. The highest BCUT2D eigenvalue weighted by molar-refractivity contribution is 5.80. The SMILES string of the molecule is CC(O)(C(O)C1OC(CO)C(O)C(O)C1O)C1Oc2cc3oc(=O)ccc3cc2C1O. The van der Waals surface area contributed by atoms with Crippen molar-refractivity contribution in [1.29, 1.82) is 0 Å². The summed E-state index contributed by atoms with van der Waals surface area (Å²) in [7, 11) is 0. The highest BCUT2D eigenvalue weighted by Gasteiger charge is 2.56. The first-order valence-corrected chi connectivity index (χ1v) is 9.69. The molecule has 0 amide bonds. The third kappa shape index (κ3) is 3.52. The highest BCUT2D eigenvalue weighted by Crippen LogP contribution is 2.44. The summed E-state index contributed by atoms with van der Waals surface area (Å²) < 4.78 is 16.1. The minimum absolute atomic E-state index is 0.126. The molecule has 1 fully saturated rings. The van der Waals surface area contributed by atoms with Crippen LogP contribution >= 0.6 is 0 Å². The van der Waals surface area contributed by atoms with Crippen LogP contribution in [0.15, 0.2) is 33.5 Å². The molecule has 1 saturated heterocycles. The Labute approximate surface area is 175 Å². The Kier molecular flexibility index (Phi) is 5.56. The number of fused-ring (bicyclic) bond motifs is 2. The number of aliphatic hydroxyl groups is 7. The molecule has 11 heteroatoms. The summed E-state index contributed by atoms with van der Waals surface area (Å²) in [4.78, 5) is 11.4. The van der Waals surface area contributed by atoms with Gasteiger partial charge in [-0.15, -0.1) is 0 Å². The van der Waals surface area contributed by atoms with Gasteiger partial charge in [-0.05, 0) is 19.1 Å². The van der Waals surface area contributed by atoms with Gasteiger partial charge in [0.25, 0.3) is 0 Å².